The van der Waals surface area contributed by atoms with Crippen molar-refractivity contribution < 1.29 is 14.9 Å². The Balaban J connectivity index is 2.67. The number of rotatable bonds is 10. The first-order valence-corrected chi connectivity index (χ1v) is 7.83. The number of aromatic hydroxyl groups is 2. The molecular weight excluding hydrogens is 252 g/mol. The molecule has 1 aromatic carbocycles. The van der Waals surface area contributed by atoms with Crippen LogP contribution in [0.3, 0.4) is 0 Å². The van der Waals surface area contributed by atoms with Crippen LogP contribution in [-0.2, 0) is 4.74 Å². The highest BCUT2D eigenvalue weighted by molar-refractivity contribution is 5.45. The van der Waals surface area contributed by atoms with Crippen LogP contribution in [0, 0.1) is 0 Å². The molecule has 0 aromatic heterocycles. The van der Waals surface area contributed by atoms with Gasteiger partial charge in [-0.05, 0) is 18.9 Å². The summed E-state index contributed by atoms with van der Waals surface area (Å²) in [5, 5.41) is 19.6. The molecule has 0 radical (unpaired) electrons. The summed E-state index contributed by atoms with van der Waals surface area (Å²) in [6.45, 7) is 5.02. The summed E-state index contributed by atoms with van der Waals surface area (Å²) in [7, 11) is 0. The van der Waals surface area contributed by atoms with E-state index in [0.717, 1.165) is 25.7 Å². The summed E-state index contributed by atoms with van der Waals surface area (Å²) >= 11 is 0. The number of para-hydroxylation sites is 1. The fourth-order valence-corrected chi connectivity index (χ4v) is 2.26. The third kappa shape index (κ3) is 5.41. The second-order valence-corrected chi connectivity index (χ2v) is 5.28. The van der Waals surface area contributed by atoms with E-state index >= 15 is 0 Å². The van der Waals surface area contributed by atoms with Crippen molar-refractivity contribution in [1.29, 1.82) is 0 Å². The van der Waals surface area contributed by atoms with Crippen LogP contribution in [0.2, 0.25) is 0 Å². The van der Waals surface area contributed by atoms with Crippen LogP contribution in [0.4, 0.5) is 0 Å². The molecule has 3 nitrogen and oxygen atoms in total. The number of phenolic OH excluding ortho intramolecular Hbond substituents is 2. The van der Waals surface area contributed by atoms with Gasteiger partial charge in [0.1, 0.15) is 0 Å². The summed E-state index contributed by atoms with van der Waals surface area (Å²) in [4.78, 5) is 0. The van der Waals surface area contributed by atoms with E-state index in [1.54, 1.807) is 6.07 Å². The summed E-state index contributed by atoms with van der Waals surface area (Å²) in [5.74, 6) is -0.107. The number of hydrogen-bond acceptors (Lipinski definition) is 3. The van der Waals surface area contributed by atoms with Gasteiger partial charge in [0.05, 0.1) is 6.10 Å². The number of unbranched alkanes of at least 4 members (excludes halogenated alkanes) is 4. The van der Waals surface area contributed by atoms with Gasteiger partial charge in [-0.15, -0.1) is 0 Å². The normalized spacial score (nSPS) is 12.5. The highest BCUT2D eigenvalue weighted by Gasteiger charge is 2.17. The van der Waals surface area contributed by atoms with E-state index in [2.05, 4.69) is 13.8 Å². The van der Waals surface area contributed by atoms with E-state index < -0.39 is 0 Å². The first-order valence-electron chi connectivity index (χ1n) is 7.83. The second-order valence-electron chi connectivity index (χ2n) is 5.28. The molecule has 0 saturated carbocycles. The van der Waals surface area contributed by atoms with Gasteiger partial charge in [0, 0.05) is 12.2 Å². The maximum atomic E-state index is 10.00. The highest BCUT2D eigenvalue weighted by Crippen LogP contribution is 2.36. The molecule has 3 heteroatoms. The van der Waals surface area contributed by atoms with Gasteiger partial charge in [-0.3, -0.25) is 0 Å². The van der Waals surface area contributed by atoms with Crippen LogP contribution in [0.5, 0.6) is 11.5 Å². The van der Waals surface area contributed by atoms with Gasteiger partial charge in [0.15, 0.2) is 11.5 Å². The van der Waals surface area contributed by atoms with Crippen LogP contribution >= 0.6 is 0 Å². The van der Waals surface area contributed by atoms with E-state index in [9.17, 15) is 10.2 Å². The molecule has 2 N–H and O–H groups in total. The zero-order chi connectivity index (χ0) is 14.8. The minimum Gasteiger partial charge on any atom is -0.504 e. The topological polar surface area (TPSA) is 49.7 Å². The largest absolute Gasteiger partial charge is 0.504 e. The Kier molecular flexibility index (Phi) is 8.12. The van der Waals surface area contributed by atoms with Crippen LogP contribution in [0.1, 0.15) is 70.5 Å². The van der Waals surface area contributed by atoms with E-state index in [1.165, 1.54) is 25.3 Å². The van der Waals surface area contributed by atoms with Crippen molar-refractivity contribution in [2.75, 3.05) is 6.61 Å². The molecule has 0 aliphatic rings. The quantitative estimate of drug-likeness (QED) is 0.472. The minimum atomic E-state index is -0.120. The average Bonchev–Trinajstić information content (AvgIpc) is 2.45. The van der Waals surface area contributed by atoms with Gasteiger partial charge < -0.3 is 14.9 Å². The average molecular weight is 280 g/mol. The molecule has 0 bridgehead atoms. The summed E-state index contributed by atoms with van der Waals surface area (Å²) in [6, 6.07) is 5.09. The molecule has 0 saturated heterocycles. The Hall–Kier alpha value is -1.22. The molecule has 114 valence electrons. The van der Waals surface area contributed by atoms with Crippen molar-refractivity contribution in [2.24, 2.45) is 0 Å². The molecule has 0 aliphatic heterocycles. The lowest BCUT2D eigenvalue weighted by Gasteiger charge is -2.19. The van der Waals surface area contributed by atoms with E-state index in [1.807, 2.05) is 6.07 Å². The summed E-state index contributed by atoms with van der Waals surface area (Å²) in [6.07, 6.45) is 7.58. The van der Waals surface area contributed by atoms with Crippen molar-refractivity contribution in [3.05, 3.63) is 23.8 Å². The maximum Gasteiger partial charge on any atom is 0.163 e. The number of ether oxygens (including phenoxy) is 1. The minimum absolute atomic E-state index is 0.0375. The lowest BCUT2D eigenvalue weighted by Crippen LogP contribution is -2.06. The van der Waals surface area contributed by atoms with Crippen LogP contribution in [0.15, 0.2) is 18.2 Å². The van der Waals surface area contributed by atoms with Crippen LogP contribution < -0.4 is 0 Å². The van der Waals surface area contributed by atoms with Crippen LogP contribution in [0.25, 0.3) is 0 Å². The highest BCUT2D eigenvalue weighted by atomic mass is 16.5. The maximum absolute atomic E-state index is 10.00. The lowest BCUT2D eigenvalue weighted by molar-refractivity contribution is 0.0411. The molecule has 20 heavy (non-hydrogen) atoms. The van der Waals surface area contributed by atoms with Gasteiger partial charge >= 0.3 is 0 Å². The second kappa shape index (κ2) is 9.65. The number of phenols is 2. The molecule has 0 amide bonds. The predicted octanol–water partition coefficient (Wildman–Crippen LogP) is 4.93. The Morgan fingerprint density at radius 1 is 1.00 bits per heavy atom. The molecule has 1 unspecified atom stereocenters. The zero-order valence-electron chi connectivity index (χ0n) is 12.8. The summed E-state index contributed by atoms with van der Waals surface area (Å²) in [5.41, 5.74) is 0.706. The van der Waals surface area contributed by atoms with Crippen molar-refractivity contribution in [3.63, 3.8) is 0 Å². The van der Waals surface area contributed by atoms with Crippen molar-refractivity contribution in [1.82, 2.24) is 0 Å². The molecule has 1 atom stereocenters. The molecule has 1 rings (SSSR count). The molecule has 0 spiro atoms. The Morgan fingerprint density at radius 3 is 2.45 bits per heavy atom. The molecule has 0 fully saturated rings. The smallest absolute Gasteiger partial charge is 0.163 e. The molecule has 0 heterocycles. The third-order valence-electron chi connectivity index (χ3n) is 3.53. The lowest BCUT2D eigenvalue weighted by atomic mass is 10.0. The zero-order valence-corrected chi connectivity index (χ0v) is 12.8. The molecule has 0 aliphatic carbocycles. The Labute approximate surface area is 122 Å². The fourth-order valence-electron chi connectivity index (χ4n) is 2.26. The number of benzene rings is 1. The van der Waals surface area contributed by atoms with Gasteiger partial charge in [-0.2, -0.15) is 0 Å². The first-order chi connectivity index (χ1) is 9.70. The van der Waals surface area contributed by atoms with E-state index in [-0.39, 0.29) is 17.6 Å². The SMILES string of the molecule is CCCCCCC(OCCCC)c1cccc(O)c1O. The summed E-state index contributed by atoms with van der Waals surface area (Å²) < 4.78 is 5.91. The first kappa shape index (κ1) is 16.8. The predicted molar refractivity (Wildman–Crippen MR) is 82.1 cm³/mol. The third-order valence-corrected chi connectivity index (χ3v) is 3.53. The standard InChI is InChI=1S/C17H28O3/c1-3-5-7-8-12-16(20-13-6-4-2)14-10-9-11-15(18)17(14)19/h9-11,16,18-19H,3-8,12-13H2,1-2H3. The van der Waals surface area contributed by atoms with Gasteiger partial charge in [-0.25, -0.2) is 0 Å². The fraction of sp³-hybridized carbons (Fsp3) is 0.647. The Bertz CT molecular complexity index is 376. The number of hydrogen-bond donors (Lipinski definition) is 2. The molecule has 1 aromatic rings. The van der Waals surface area contributed by atoms with Crippen molar-refractivity contribution in [3.8, 4) is 11.5 Å². The van der Waals surface area contributed by atoms with Crippen molar-refractivity contribution >= 4 is 0 Å². The monoisotopic (exact) mass is 280 g/mol. The Morgan fingerprint density at radius 2 is 1.75 bits per heavy atom. The molecular formula is C17H28O3. The van der Waals surface area contributed by atoms with E-state index in [4.69, 9.17) is 4.74 Å². The van der Waals surface area contributed by atoms with Gasteiger partial charge in [0.25, 0.3) is 0 Å². The van der Waals surface area contributed by atoms with Crippen molar-refractivity contribution in [2.45, 2.75) is 64.9 Å². The van der Waals surface area contributed by atoms with Gasteiger partial charge in [-0.1, -0.05) is 58.1 Å². The van der Waals surface area contributed by atoms with E-state index in [0.29, 0.717) is 12.2 Å². The van der Waals surface area contributed by atoms with Crippen LogP contribution in [-0.4, -0.2) is 16.8 Å². The van der Waals surface area contributed by atoms with Gasteiger partial charge in [0.2, 0.25) is 0 Å².